The van der Waals surface area contributed by atoms with E-state index in [2.05, 4.69) is 19.9 Å². The molecule has 36 heavy (non-hydrogen) atoms. The number of hydrogen-bond acceptors (Lipinski definition) is 6. The summed E-state index contributed by atoms with van der Waals surface area (Å²) in [4.78, 5) is 19.2. The first-order valence-corrected chi connectivity index (χ1v) is 12.2. The molecular weight excluding hydrogens is 475 g/mol. The number of amides is 1. The highest BCUT2D eigenvalue weighted by atomic mass is 19.4. The van der Waals surface area contributed by atoms with Crippen molar-refractivity contribution in [2.24, 2.45) is 11.3 Å². The molecule has 1 unspecified atom stereocenters. The van der Waals surface area contributed by atoms with Gasteiger partial charge >= 0.3 is 12.3 Å². The highest BCUT2D eigenvalue weighted by Crippen LogP contribution is 2.44. The molecule has 2 atom stereocenters. The van der Waals surface area contributed by atoms with E-state index in [9.17, 15) is 18.0 Å². The third-order valence-corrected chi connectivity index (χ3v) is 7.28. The van der Waals surface area contributed by atoms with Gasteiger partial charge in [0.05, 0.1) is 12.6 Å². The van der Waals surface area contributed by atoms with Crippen LogP contribution in [0.2, 0.25) is 0 Å². The van der Waals surface area contributed by atoms with Gasteiger partial charge in [-0.15, -0.1) is 0 Å². The number of pyridine rings is 1. The van der Waals surface area contributed by atoms with E-state index in [1.165, 1.54) is 12.3 Å². The molecule has 2 bridgehead atoms. The van der Waals surface area contributed by atoms with Gasteiger partial charge in [0.15, 0.2) is 6.61 Å². The van der Waals surface area contributed by atoms with E-state index in [4.69, 9.17) is 9.47 Å². The van der Waals surface area contributed by atoms with Crippen molar-refractivity contribution in [3.63, 3.8) is 0 Å². The Bertz CT molecular complexity index is 1100. The summed E-state index contributed by atoms with van der Waals surface area (Å²) in [5.41, 5.74) is 1.98. The first-order valence-electron chi connectivity index (χ1n) is 12.2. The molecule has 0 spiro atoms. The first-order chi connectivity index (χ1) is 17.1. The third-order valence-electron chi connectivity index (χ3n) is 7.28. The van der Waals surface area contributed by atoms with Gasteiger partial charge in [-0.1, -0.05) is 26.0 Å². The summed E-state index contributed by atoms with van der Waals surface area (Å²) in [6.45, 7) is 6.03. The Kier molecular flexibility index (Phi) is 6.48. The van der Waals surface area contributed by atoms with Crippen LogP contribution < -0.4 is 14.8 Å². The van der Waals surface area contributed by atoms with Crippen LogP contribution in [0.25, 0.3) is 11.1 Å². The molecule has 0 saturated carbocycles. The monoisotopic (exact) mass is 505 g/mol. The highest BCUT2D eigenvalue weighted by Gasteiger charge is 2.41. The molecule has 2 aromatic rings. The van der Waals surface area contributed by atoms with E-state index in [0.717, 1.165) is 43.6 Å². The van der Waals surface area contributed by atoms with E-state index in [1.54, 1.807) is 6.07 Å². The number of alkyl halides is 3. The van der Waals surface area contributed by atoms with Gasteiger partial charge in [-0.3, -0.25) is 4.90 Å². The molecule has 1 amide bonds. The van der Waals surface area contributed by atoms with Crippen molar-refractivity contribution in [3.8, 4) is 22.8 Å². The Morgan fingerprint density at radius 1 is 1.19 bits per heavy atom. The molecule has 3 saturated heterocycles. The number of nitrogens with zero attached hydrogens (tertiary/aromatic N) is 2. The number of piperidine rings is 3. The maximum atomic E-state index is 12.9. The zero-order chi connectivity index (χ0) is 25.5. The fourth-order valence-corrected chi connectivity index (χ4v) is 5.24. The second-order valence-electron chi connectivity index (χ2n) is 10.5. The van der Waals surface area contributed by atoms with Crippen LogP contribution in [0.3, 0.4) is 0 Å². The Hall–Kier alpha value is -3.01. The number of alkyl carbamates (subject to hydrolysis) is 1. The fraction of sp³-hybridized carbons (Fsp3) is 0.538. The van der Waals surface area contributed by atoms with E-state index in [-0.39, 0.29) is 23.4 Å². The predicted molar refractivity (Wildman–Crippen MR) is 126 cm³/mol. The maximum absolute atomic E-state index is 12.9. The fourth-order valence-electron chi connectivity index (χ4n) is 5.24. The number of nitrogens with one attached hydrogen (secondary N) is 1. The number of ether oxygens (including phenoxy) is 3. The molecule has 0 radical (unpaired) electrons. The number of benzene rings is 1. The molecule has 3 fully saturated rings. The lowest BCUT2D eigenvalue weighted by Crippen LogP contribution is -2.53. The van der Waals surface area contributed by atoms with Crippen LogP contribution in [0.15, 0.2) is 36.5 Å². The molecule has 1 N–H and O–H groups in total. The summed E-state index contributed by atoms with van der Waals surface area (Å²) in [7, 11) is 0. The van der Waals surface area contributed by atoms with Gasteiger partial charge in [0, 0.05) is 35.3 Å². The average molecular weight is 506 g/mol. The molecule has 1 aromatic heterocycles. The van der Waals surface area contributed by atoms with Gasteiger partial charge < -0.3 is 19.5 Å². The van der Waals surface area contributed by atoms with Gasteiger partial charge in [0.25, 0.3) is 0 Å². The van der Waals surface area contributed by atoms with E-state index in [0.29, 0.717) is 23.8 Å². The van der Waals surface area contributed by atoms with Crippen LogP contribution in [-0.2, 0) is 4.74 Å². The van der Waals surface area contributed by atoms with Crippen LogP contribution >= 0.6 is 0 Å². The average Bonchev–Trinajstić information content (AvgIpc) is 2.85. The number of aromatic nitrogens is 1. The van der Waals surface area contributed by atoms with Crippen molar-refractivity contribution in [1.82, 2.24) is 15.2 Å². The van der Waals surface area contributed by atoms with E-state index >= 15 is 0 Å². The lowest BCUT2D eigenvalue weighted by Gasteiger charge is -2.44. The zero-order valence-electron chi connectivity index (χ0n) is 20.3. The normalized spacial score (nSPS) is 26.5. The third kappa shape index (κ3) is 5.38. The Morgan fingerprint density at radius 2 is 1.94 bits per heavy atom. The molecule has 10 heteroatoms. The number of fused-ring (bicyclic) bond motifs is 4. The molecule has 5 heterocycles. The summed E-state index contributed by atoms with van der Waals surface area (Å²) < 4.78 is 53.7. The number of rotatable bonds is 5. The van der Waals surface area contributed by atoms with Crippen LogP contribution in [0.1, 0.15) is 38.3 Å². The molecule has 7 nitrogen and oxygen atoms in total. The molecule has 6 rings (SSSR count). The second-order valence-corrected chi connectivity index (χ2v) is 10.5. The van der Waals surface area contributed by atoms with Crippen molar-refractivity contribution in [3.05, 3.63) is 42.1 Å². The Balaban J connectivity index is 1.29. The zero-order valence-corrected chi connectivity index (χ0v) is 20.3. The first kappa shape index (κ1) is 24.7. The van der Waals surface area contributed by atoms with Crippen LogP contribution in [0.4, 0.5) is 18.0 Å². The van der Waals surface area contributed by atoms with Crippen molar-refractivity contribution < 1.29 is 32.2 Å². The van der Waals surface area contributed by atoms with E-state index in [1.807, 2.05) is 32.0 Å². The molecule has 4 aliphatic heterocycles. The number of halogens is 3. The highest BCUT2D eigenvalue weighted by molar-refractivity contribution is 5.70. The minimum absolute atomic E-state index is 0.0760. The van der Waals surface area contributed by atoms with Gasteiger partial charge in [0.1, 0.15) is 11.9 Å². The minimum atomic E-state index is -4.42. The quantitative estimate of drug-likeness (QED) is 0.619. The lowest BCUT2D eigenvalue weighted by molar-refractivity contribution is -0.154. The Morgan fingerprint density at radius 3 is 2.58 bits per heavy atom. The SMILES string of the molecule is CC1(C)COc2cc(-c3ccc(OCC(F)(F)F)nc3)ccc2C1NC(=O)O[C@H]1CN2CCC1CC2. The van der Waals surface area contributed by atoms with E-state index < -0.39 is 18.9 Å². The van der Waals surface area contributed by atoms with Gasteiger partial charge in [-0.2, -0.15) is 13.2 Å². The van der Waals surface area contributed by atoms with Crippen molar-refractivity contribution in [2.75, 3.05) is 32.8 Å². The topological polar surface area (TPSA) is 72.9 Å². The number of carbonyl (C=O) groups excluding carboxylic acids is 1. The van der Waals surface area contributed by atoms with Crippen LogP contribution in [-0.4, -0.2) is 61.1 Å². The number of carbonyl (C=O) groups is 1. The lowest BCUT2D eigenvalue weighted by atomic mass is 9.78. The number of hydrogen-bond donors (Lipinski definition) is 1. The van der Waals surface area contributed by atoms with Gasteiger partial charge in [0.2, 0.25) is 5.88 Å². The smallest absolute Gasteiger partial charge is 0.422 e. The van der Waals surface area contributed by atoms with Gasteiger partial charge in [-0.05, 0) is 49.5 Å². The Labute approximate surface area is 207 Å². The summed E-state index contributed by atoms with van der Waals surface area (Å²) in [5, 5.41) is 3.08. The summed E-state index contributed by atoms with van der Waals surface area (Å²) in [6.07, 6.45) is -1.32. The van der Waals surface area contributed by atoms with Crippen LogP contribution in [0, 0.1) is 11.3 Å². The molecule has 194 valence electrons. The second kappa shape index (κ2) is 9.46. The predicted octanol–water partition coefficient (Wildman–Crippen LogP) is 4.97. The van der Waals surface area contributed by atoms with Gasteiger partial charge in [-0.25, -0.2) is 9.78 Å². The minimum Gasteiger partial charge on any atom is -0.493 e. The van der Waals surface area contributed by atoms with Crippen molar-refractivity contribution in [1.29, 1.82) is 0 Å². The molecule has 4 aliphatic rings. The summed E-state index contributed by atoms with van der Waals surface area (Å²) in [6, 6.07) is 8.38. The molecular formula is C26H30F3N3O4. The van der Waals surface area contributed by atoms with Crippen molar-refractivity contribution in [2.45, 2.75) is 45.0 Å². The standard InChI is InChI=1S/C26H30F3N3O4/c1-25(2)14-34-20-11-17(18-4-6-22(30-12-18)35-15-26(27,28)29)3-5-19(20)23(25)31-24(33)36-21-13-32-9-7-16(21)8-10-32/h3-6,11-12,16,21,23H,7-10,13-15H2,1-2H3,(H,31,33)/t21-,23?/m0/s1. The summed E-state index contributed by atoms with van der Waals surface area (Å²) in [5.74, 6) is 0.965. The van der Waals surface area contributed by atoms with Crippen molar-refractivity contribution >= 4 is 6.09 Å². The molecule has 1 aromatic carbocycles. The van der Waals surface area contributed by atoms with Crippen LogP contribution in [0.5, 0.6) is 11.6 Å². The molecule has 0 aliphatic carbocycles. The maximum Gasteiger partial charge on any atom is 0.422 e. The summed E-state index contributed by atoms with van der Waals surface area (Å²) >= 11 is 0. The largest absolute Gasteiger partial charge is 0.493 e.